The standard InChI is InChI=1S/C29H27Cl2NO7/c1-5-13-39-17-10-8-9-16(14-17)32-24(18-11-6-7-12-21(18)36-2)22(26(34)29(32)35)25(33)19-15-20(30)28(38-4)23(31)27(19)37-3/h6-12,14-15,24,33H,5,13H2,1-4H3/b25-22+. The molecule has 10 heteroatoms. The molecule has 1 unspecified atom stereocenters. The van der Waals surface area contributed by atoms with Crippen LogP contribution in [-0.4, -0.2) is 44.7 Å². The van der Waals surface area contributed by atoms with E-state index in [0.29, 0.717) is 29.4 Å². The Morgan fingerprint density at radius 1 is 0.949 bits per heavy atom. The number of halogens is 2. The fourth-order valence-electron chi connectivity index (χ4n) is 4.52. The maximum Gasteiger partial charge on any atom is 0.300 e. The van der Waals surface area contributed by atoms with E-state index >= 15 is 0 Å². The molecule has 1 heterocycles. The summed E-state index contributed by atoms with van der Waals surface area (Å²) in [6.07, 6.45) is 0.796. The number of rotatable bonds is 9. The van der Waals surface area contributed by atoms with Gasteiger partial charge in [-0.3, -0.25) is 14.5 Å². The zero-order valence-corrected chi connectivity index (χ0v) is 23.3. The molecule has 39 heavy (non-hydrogen) atoms. The first kappa shape index (κ1) is 28.1. The number of carbonyl (C=O) groups is 2. The average molecular weight is 572 g/mol. The summed E-state index contributed by atoms with van der Waals surface area (Å²) in [6.45, 7) is 2.47. The lowest BCUT2D eigenvalue weighted by molar-refractivity contribution is -0.132. The van der Waals surface area contributed by atoms with Gasteiger partial charge in [-0.15, -0.1) is 0 Å². The van der Waals surface area contributed by atoms with Crippen LogP contribution in [0.4, 0.5) is 5.69 Å². The van der Waals surface area contributed by atoms with E-state index in [1.165, 1.54) is 32.3 Å². The first-order valence-electron chi connectivity index (χ1n) is 12.1. The van der Waals surface area contributed by atoms with Crippen molar-refractivity contribution in [3.8, 4) is 23.0 Å². The normalized spacial score (nSPS) is 16.4. The van der Waals surface area contributed by atoms with Gasteiger partial charge >= 0.3 is 0 Å². The van der Waals surface area contributed by atoms with Gasteiger partial charge in [0.15, 0.2) is 11.5 Å². The molecule has 8 nitrogen and oxygen atoms in total. The van der Waals surface area contributed by atoms with Crippen molar-refractivity contribution in [3.05, 3.63) is 81.3 Å². The first-order chi connectivity index (χ1) is 18.8. The Kier molecular flexibility index (Phi) is 8.57. The van der Waals surface area contributed by atoms with Gasteiger partial charge in [-0.1, -0.05) is 54.4 Å². The van der Waals surface area contributed by atoms with Crippen LogP contribution in [0.15, 0.2) is 60.2 Å². The Bertz CT molecular complexity index is 1450. The number of amides is 1. The first-order valence-corrected chi connectivity index (χ1v) is 12.8. The third-order valence-electron chi connectivity index (χ3n) is 6.24. The second-order valence-electron chi connectivity index (χ2n) is 8.54. The van der Waals surface area contributed by atoms with Gasteiger partial charge in [0.25, 0.3) is 11.7 Å². The highest BCUT2D eigenvalue weighted by molar-refractivity contribution is 6.52. The van der Waals surface area contributed by atoms with Crippen LogP contribution in [0.5, 0.6) is 23.0 Å². The van der Waals surface area contributed by atoms with Crippen molar-refractivity contribution < 1.29 is 33.6 Å². The molecule has 0 saturated carbocycles. The molecule has 0 aliphatic carbocycles. The third-order valence-corrected chi connectivity index (χ3v) is 6.87. The Morgan fingerprint density at radius 2 is 1.67 bits per heavy atom. The van der Waals surface area contributed by atoms with Gasteiger partial charge in [-0.2, -0.15) is 0 Å². The SMILES string of the molecule is CCCOc1cccc(N2C(=O)C(=O)/C(=C(/O)c3cc(Cl)c(OC)c(Cl)c3OC)C2c2ccccc2OC)c1. The molecule has 1 saturated heterocycles. The van der Waals surface area contributed by atoms with Crippen molar-refractivity contribution in [1.82, 2.24) is 0 Å². The van der Waals surface area contributed by atoms with Crippen molar-refractivity contribution in [2.45, 2.75) is 19.4 Å². The minimum Gasteiger partial charge on any atom is -0.507 e. The number of benzene rings is 3. The molecule has 3 aromatic carbocycles. The molecule has 3 aromatic rings. The number of ketones is 1. The van der Waals surface area contributed by atoms with E-state index in [9.17, 15) is 14.7 Å². The maximum atomic E-state index is 13.6. The van der Waals surface area contributed by atoms with E-state index in [1.54, 1.807) is 48.5 Å². The van der Waals surface area contributed by atoms with Crippen molar-refractivity contribution >= 4 is 46.3 Å². The van der Waals surface area contributed by atoms with Gasteiger partial charge in [0.2, 0.25) is 0 Å². The third kappa shape index (κ3) is 5.10. The molecule has 1 N–H and O–H groups in total. The smallest absolute Gasteiger partial charge is 0.300 e. The van der Waals surface area contributed by atoms with E-state index in [-0.39, 0.29) is 32.7 Å². The van der Waals surface area contributed by atoms with Crippen molar-refractivity contribution in [2.75, 3.05) is 32.8 Å². The molecular formula is C29H27Cl2NO7. The fraction of sp³-hybridized carbons (Fsp3) is 0.241. The highest BCUT2D eigenvalue weighted by atomic mass is 35.5. The number of para-hydroxylation sites is 1. The molecule has 4 rings (SSSR count). The second-order valence-corrected chi connectivity index (χ2v) is 9.33. The van der Waals surface area contributed by atoms with Crippen LogP contribution >= 0.6 is 23.2 Å². The topological polar surface area (TPSA) is 94.5 Å². The summed E-state index contributed by atoms with van der Waals surface area (Å²) in [7, 11) is 4.22. The van der Waals surface area contributed by atoms with Gasteiger partial charge in [0.05, 0.1) is 50.1 Å². The highest BCUT2D eigenvalue weighted by Gasteiger charge is 2.48. The molecule has 1 aliphatic rings. The number of anilines is 1. The molecule has 1 atom stereocenters. The largest absolute Gasteiger partial charge is 0.507 e. The van der Waals surface area contributed by atoms with Gasteiger partial charge < -0.3 is 24.1 Å². The minimum absolute atomic E-state index is 0.00195. The number of Topliss-reactive ketones (excluding diaryl/α,β-unsaturated/α-hetero) is 1. The second kappa shape index (κ2) is 11.9. The Balaban J connectivity index is 2.01. The van der Waals surface area contributed by atoms with Crippen LogP contribution in [0.1, 0.15) is 30.5 Å². The molecule has 0 bridgehead atoms. The van der Waals surface area contributed by atoms with E-state index in [0.717, 1.165) is 6.42 Å². The molecule has 1 aliphatic heterocycles. The highest BCUT2D eigenvalue weighted by Crippen LogP contribution is 2.49. The molecule has 1 fully saturated rings. The molecule has 1 amide bonds. The summed E-state index contributed by atoms with van der Waals surface area (Å²) < 4.78 is 22.0. The molecule has 0 aromatic heterocycles. The van der Waals surface area contributed by atoms with Crippen LogP contribution in [-0.2, 0) is 9.59 Å². The van der Waals surface area contributed by atoms with E-state index in [2.05, 4.69) is 0 Å². The molecular weight excluding hydrogens is 545 g/mol. The van der Waals surface area contributed by atoms with E-state index < -0.39 is 23.5 Å². The zero-order valence-electron chi connectivity index (χ0n) is 21.8. The zero-order chi connectivity index (χ0) is 28.3. The number of nitrogens with zero attached hydrogens (tertiary/aromatic N) is 1. The Labute approximate surface area is 236 Å². The lowest BCUT2D eigenvalue weighted by Crippen LogP contribution is -2.29. The van der Waals surface area contributed by atoms with E-state index in [1.807, 2.05) is 6.92 Å². The molecule has 0 radical (unpaired) electrons. The van der Waals surface area contributed by atoms with Crippen molar-refractivity contribution in [1.29, 1.82) is 0 Å². The van der Waals surface area contributed by atoms with Crippen LogP contribution in [0.25, 0.3) is 5.76 Å². The monoisotopic (exact) mass is 571 g/mol. The summed E-state index contributed by atoms with van der Waals surface area (Å²) >= 11 is 12.8. The van der Waals surface area contributed by atoms with Gasteiger partial charge in [-0.05, 0) is 30.7 Å². The Morgan fingerprint density at radius 3 is 2.33 bits per heavy atom. The van der Waals surface area contributed by atoms with Crippen LogP contribution in [0, 0.1) is 0 Å². The number of methoxy groups -OCH3 is 3. The number of carbonyl (C=O) groups excluding carboxylic acids is 2. The number of hydrogen-bond acceptors (Lipinski definition) is 7. The maximum absolute atomic E-state index is 13.6. The van der Waals surface area contributed by atoms with Crippen LogP contribution < -0.4 is 23.8 Å². The van der Waals surface area contributed by atoms with Crippen LogP contribution in [0.2, 0.25) is 10.0 Å². The lowest BCUT2D eigenvalue weighted by Gasteiger charge is -2.27. The summed E-state index contributed by atoms with van der Waals surface area (Å²) in [4.78, 5) is 28.5. The number of hydrogen-bond donors (Lipinski definition) is 1. The summed E-state index contributed by atoms with van der Waals surface area (Å²) in [5.41, 5.74) is 0.704. The van der Waals surface area contributed by atoms with Gasteiger partial charge in [-0.25, -0.2) is 0 Å². The van der Waals surface area contributed by atoms with Crippen molar-refractivity contribution in [3.63, 3.8) is 0 Å². The van der Waals surface area contributed by atoms with Crippen molar-refractivity contribution in [2.24, 2.45) is 0 Å². The molecule has 204 valence electrons. The number of aliphatic hydroxyl groups excluding tert-OH is 1. The van der Waals surface area contributed by atoms with Gasteiger partial charge in [0.1, 0.15) is 22.3 Å². The van der Waals surface area contributed by atoms with Gasteiger partial charge in [0, 0.05) is 17.3 Å². The van der Waals surface area contributed by atoms with Crippen LogP contribution in [0.3, 0.4) is 0 Å². The predicted molar refractivity (Wildman–Crippen MR) is 150 cm³/mol. The average Bonchev–Trinajstić information content (AvgIpc) is 3.21. The predicted octanol–water partition coefficient (Wildman–Crippen LogP) is 6.43. The number of ether oxygens (including phenoxy) is 4. The summed E-state index contributed by atoms with van der Waals surface area (Å²) in [5, 5.41) is 11.7. The fourth-order valence-corrected chi connectivity index (χ4v) is 5.21. The Hall–Kier alpha value is -3.88. The summed E-state index contributed by atoms with van der Waals surface area (Å²) in [5.74, 6) is -1.17. The lowest BCUT2D eigenvalue weighted by atomic mass is 9.94. The minimum atomic E-state index is -1.06. The summed E-state index contributed by atoms with van der Waals surface area (Å²) in [6, 6.07) is 14.1. The number of aliphatic hydroxyl groups is 1. The van der Waals surface area contributed by atoms with E-state index in [4.69, 9.17) is 42.1 Å². The quantitative estimate of drug-likeness (QED) is 0.179. The molecule has 0 spiro atoms.